The molecule has 0 unspecified atom stereocenters. The molecular weight excluding hydrogens is 388 g/mol. The molecular formula is C22H28N2O4S. The summed E-state index contributed by atoms with van der Waals surface area (Å²) >= 11 is 0. The highest BCUT2D eigenvalue weighted by Crippen LogP contribution is 2.30. The van der Waals surface area contributed by atoms with E-state index in [4.69, 9.17) is 4.74 Å². The van der Waals surface area contributed by atoms with E-state index in [0.717, 1.165) is 29.7 Å². The number of carbonyl (C=O) groups is 1. The topological polar surface area (TPSA) is 75.7 Å². The SMILES string of the molecule is CCOCCCNS(=O)(=O)c1ccc2c(c1)CCCN2C(=O)c1ccc(C)cc1. The summed E-state index contributed by atoms with van der Waals surface area (Å²) in [5, 5.41) is 0. The van der Waals surface area contributed by atoms with Gasteiger partial charge in [0.15, 0.2) is 0 Å². The van der Waals surface area contributed by atoms with Crippen LogP contribution < -0.4 is 9.62 Å². The number of fused-ring (bicyclic) bond motifs is 1. The second-order valence-electron chi connectivity index (χ2n) is 7.17. The number of sulfonamides is 1. The first-order valence-corrected chi connectivity index (χ1v) is 11.5. The molecule has 2 aromatic rings. The van der Waals surface area contributed by atoms with Crippen LogP contribution in [0.25, 0.3) is 0 Å². The van der Waals surface area contributed by atoms with Gasteiger partial charge in [-0.3, -0.25) is 4.79 Å². The maximum absolute atomic E-state index is 13.0. The minimum absolute atomic E-state index is 0.0596. The van der Waals surface area contributed by atoms with Gasteiger partial charge in [-0.15, -0.1) is 0 Å². The fraction of sp³-hybridized carbons (Fsp3) is 0.409. The Hall–Kier alpha value is -2.22. The van der Waals surface area contributed by atoms with Crippen LogP contribution >= 0.6 is 0 Å². The molecule has 0 spiro atoms. The average Bonchev–Trinajstić information content (AvgIpc) is 2.72. The highest BCUT2D eigenvalue weighted by molar-refractivity contribution is 7.89. The molecule has 0 bridgehead atoms. The van der Waals surface area contributed by atoms with Crippen LogP contribution in [0.1, 0.15) is 41.3 Å². The third-order valence-corrected chi connectivity index (χ3v) is 6.44. The standard InChI is InChI=1S/C22H28N2O4S/c1-3-28-15-5-13-23-29(26,27)20-11-12-21-19(16-20)6-4-14-24(21)22(25)18-9-7-17(2)8-10-18/h7-12,16,23H,3-6,13-15H2,1-2H3. The first-order valence-electron chi connectivity index (χ1n) is 10.0. The highest BCUT2D eigenvalue weighted by Gasteiger charge is 2.25. The predicted molar refractivity (Wildman–Crippen MR) is 114 cm³/mol. The van der Waals surface area contributed by atoms with Crippen LogP contribution in [0.5, 0.6) is 0 Å². The number of amides is 1. The van der Waals surface area contributed by atoms with Crippen molar-refractivity contribution in [3.8, 4) is 0 Å². The molecule has 3 rings (SSSR count). The zero-order valence-corrected chi connectivity index (χ0v) is 17.8. The molecule has 2 aromatic carbocycles. The minimum atomic E-state index is -3.58. The molecule has 1 amide bonds. The van der Waals surface area contributed by atoms with E-state index in [0.29, 0.717) is 38.3 Å². The van der Waals surface area contributed by atoms with Gasteiger partial charge >= 0.3 is 0 Å². The fourth-order valence-electron chi connectivity index (χ4n) is 3.41. The minimum Gasteiger partial charge on any atom is -0.382 e. The monoisotopic (exact) mass is 416 g/mol. The summed E-state index contributed by atoms with van der Waals surface area (Å²) in [6.07, 6.45) is 2.17. The molecule has 156 valence electrons. The zero-order chi connectivity index (χ0) is 20.9. The molecule has 0 fully saturated rings. The van der Waals surface area contributed by atoms with Crippen molar-refractivity contribution in [3.05, 3.63) is 59.2 Å². The first-order chi connectivity index (χ1) is 13.9. The van der Waals surface area contributed by atoms with E-state index in [1.165, 1.54) is 0 Å². The van der Waals surface area contributed by atoms with Crippen molar-refractivity contribution in [2.75, 3.05) is 31.2 Å². The quantitative estimate of drug-likeness (QED) is 0.670. The fourth-order valence-corrected chi connectivity index (χ4v) is 4.54. The number of ether oxygens (including phenoxy) is 1. The number of hydrogen-bond donors (Lipinski definition) is 1. The van der Waals surface area contributed by atoms with E-state index in [-0.39, 0.29) is 10.8 Å². The normalized spacial score (nSPS) is 13.9. The van der Waals surface area contributed by atoms with Crippen LogP contribution in [0.2, 0.25) is 0 Å². The molecule has 0 atom stereocenters. The maximum Gasteiger partial charge on any atom is 0.258 e. The van der Waals surface area contributed by atoms with Crippen LogP contribution in [0, 0.1) is 6.92 Å². The zero-order valence-electron chi connectivity index (χ0n) is 17.0. The number of nitrogens with one attached hydrogen (secondary N) is 1. The Kier molecular flexibility index (Phi) is 7.05. The molecule has 0 saturated carbocycles. The number of hydrogen-bond acceptors (Lipinski definition) is 4. The van der Waals surface area contributed by atoms with E-state index < -0.39 is 10.0 Å². The third kappa shape index (κ3) is 5.23. The Morgan fingerprint density at radius 3 is 2.66 bits per heavy atom. The number of anilines is 1. The Morgan fingerprint density at radius 1 is 1.17 bits per heavy atom. The smallest absolute Gasteiger partial charge is 0.258 e. The lowest BCUT2D eigenvalue weighted by atomic mass is 10.0. The molecule has 29 heavy (non-hydrogen) atoms. The van der Waals surface area contributed by atoms with Crippen LogP contribution in [0.4, 0.5) is 5.69 Å². The van der Waals surface area contributed by atoms with Crippen molar-refractivity contribution in [2.45, 2.75) is 38.0 Å². The molecule has 6 nitrogen and oxygen atoms in total. The number of benzene rings is 2. The molecule has 1 N–H and O–H groups in total. The predicted octanol–water partition coefficient (Wildman–Crippen LogP) is 3.29. The second kappa shape index (κ2) is 9.52. The van der Waals surface area contributed by atoms with Gasteiger partial charge in [0.2, 0.25) is 10.0 Å². The maximum atomic E-state index is 13.0. The lowest BCUT2D eigenvalue weighted by Crippen LogP contribution is -2.35. The van der Waals surface area contributed by atoms with Crippen molar-refractivity contribution < 1.29 is 17.9 Å². The number of carbonyl (C=O) groups excluding carboxylic acids is 1. The Balaban J connectivity index is 1.76. The van der Waals surface area contributed by atoms with E-state index in [1.54, 1.807) is 23.1 Å². The third-order valence-electron chi connectivity index (χ3n) is 4.99. The van der Waals surface area contributed by atoms with Crippen LogP contribution in [-0.4, -0.2) is 40.6 Å². The Morgan fingerprint density at radius 2 is 1.93 bits per heavy atom. The molecule has 0 radical (unpaired) electrons. The molecule has 0 aliphatic carbocycles. The molecule has 0 aromatic heterocycles. The van der Waals surface area contributed by atoms with Gasteiger partial charge in [0.05, 0.1) is 4.90 Å². The largest absolute Gasteiger partial charge is 0.382 e. The van der Waals surface area contributed by atoms with Gasteiger partial charge in [0.25, 0.3) is 5.91 Å². The summed E-state index contributed by atoms with van der Waals surface area (Å²) in [4.78, 5) is 14.9. The molecule has 7 heteroatoms. The van der Waals surface area contributed by atoms with Crippen molar-refractivity contribution in [1.82, 2.24) is 4.72 Å². The van der Waals surface area contributed by atoms with Crippen molar-refractivity contribution in [1.29, 1.82) is 0 Å². The Bertz CT molecular complexity index is 955. The van der Waals surface area contributed by atoms with E-state index in [1.807, 2.05) is 38.1 Å². The van der Waals surface area contributed by atoms with Gasteiger partial charge in [-0.2, -0.15) is 0 Å². The van der Waals surface area contributed by atoms with Gasteiger partial charge in [0.1, 0.15) is 0 Å². The Labute approximate surface area is 172 Å². The van der Waals surface area contributed by atoms with Crippen LogP contribution in [-0.2, 0) is 21.2 Å². The number of aryl methyl sites for hydroxylation is 2. The van der Waals surface area contributed by atoms with Crippen LogP contribution in [0.15, 0.2) is 47.4 Å². The summed E-state index contributed by atoms with van der Waals surface area (Å²) in [5.41, 5.74) is 3.41. The summed E-state index contributed by atoms with van der Waals surface area (Å²) in [5.74, 6) is -0.0596. The van der Waals surface area contributed by atoms with Gasteiger partial charge in [-0.1, -0.05) is 17.7 Å². The summed E-state index contributed by atoms with van der Waals surface area (Å²) in [6.45, 7) is 6.00. The molecule has 1 heterocycles. The lowest BCUT2D eigenvalue weighted by molar-refractivity contribution is 0.0985. The van der Waals surface area contributed by atoms with E-state index in [2.05, 4.69) is 4.72 Å². The highest BCUT2D eigenvalue weighted by atomic mass is 32.2. The number of rotatable bonds is 8. The summed E-state index contributed by atoms with van der Waals surface area (Å²) in [6, 6.07) is 12.5. The van der Waals surface area contributed by atoms with Crippen molar-refractivity contribution >= 4 is 21.6 Å². The van der Waals surface area contributed by atoms with Gasteiger partial charge in [0, 0.05) is 37.6 Å². The van der Waals surface area contributed by atoms with E-state index >= 15 is 0 Å². The molecule has 1 aliphatic rings. The first kappa shape index (κ1) is 21.5. The molecule has 1 aliphatic heterocycles. The van der Waals surface area contributed by atoms with Gasteiger partial charge in [-0.25, -0.2) is 13.1 Å². The van der Waals surface area contributed by atoms with Crippen molar-refractivity contribution in [3.63, 3.8) is 0 Å². The second-order valence-corrected chi connectivity index (χ2v) is 8.93. The number of nitrogens with zero attached hydrogens (tertiary/aromatic N) is 1. The summed E-state index contributed by atoms with van der Waals surface area (Å²) < 4.78 is 33.0. The lowest BCUT2D eigenvalue weighted by Gasteiger charge is -2.30. The summed E-state index contributed by atoms with van der Waals surface area (Å²) in [7, 11) is -3.58. The van der Waals surface area contributed by atoms with Gasteiger partial charge < -0.3 is 9.64 Å². The molecule has 0 saturated heterocycles. The van der Waals surface area contributed by atoms with Crippen LogP contribution in [0.3, 0.4) is 0 Å². The average molecular weight is 417 g/mol. The van der Waals surface area contributed by atoms with Gasteiger partial charge in [-0.05, 0) is 69.0 Å². The van der Waals surface area contributed by atoms with Crippen molar-refractivity contribution in [2.24, 2.45) is 0 Å². The van der Waals surface area contributed by atoms with E-state index in [9.17, 15) is 13.2 Å².